The number of hydrogen-bond acceptors (Lipinski definition) is 4. The summed E-state index contributed by atoms with van der Waals surface area (Å²) >= 11 is 0. The standard InChI is InChI=1S/C23H27N3O3S/c1-2-13-24-30(28,29)22-12-6-11-21(19-22)23(27)26-17-15-25(16-18-26)14-7-10-20-8-4-3-5-9-20/h2-12,19,24H,1,13-18H2. The van der Waals surface area contributed by atoms with Crippen LogP contribution in [0.2, 0.25) is 0 Å². The second-order valence-corrected chi connectivity index (χ2v) is 8.84. The first-order valence-corrected chi connectivity index (χ1v) is 11.4. The Morgan fingerprint density at radius 2 is 1.77 bits per heavy atom. The molecule has 2 aromatic carbocycles. The van der Waals surface area contributed by atoms with E-state index in [0.717, 1.165) is 19.6 Å². The Kier molecular flexibility index (Phi) is 7.57. The van der Waals surface area contributed by atoms with Gasteiger partial charge in [-0.3, -0.25) is 9.69 Å². The van der Waals surface area contributed by atoms with Gasteiger partial charge in [-0.05, 0) is 23.8 Å². The Labute approximate surface area is 178 Å². The van der Waals surface area contributed by atoms with E-state index in [2.05, 4.69) is 40.5 Å². The highest BCUT2D eigenvalue weighted by molar-refractivity contribution is 7.89. The van der Waals surface area contributed by atoms with Crippen molar-refractivity contribution in [1.82, 2.24) is 14.5 Å². The van der Waals surface area contributed by atoms with Gasteiger partial charge in [0.1, 0.15) is 0 Å². The van der Waals surface area contributed by atoms with E-state index < -0.39 is 10.0 Å². The first kappa shape index (κ1) is 22.0. The van der Waals surface area contributed by atoms with Gasteiger partial charge < -0.3 is 4.90 Å². The summed E-state index contributed by atoms with van der Waals surface area (Å²) in [7, 11) is -3.66. The fourth-order valence-corrected chi connectivity index (χ4v) is 4.31. The number of piperazine rings is 1. The Balaban J connectivity index is 1.56. The molecule has 0 radical (unpaired) electrons. The number of carbonyl (C=O) groups is 1. The van der Waals surface area contributed by atoms with Crippen LogP contribution in [-0.2, 0) is 10.0 Å². The van der Waals surface area contributed by atoms with E-state index in [9.17, 15) is 13.2 Å². The molecule has 3 rings (SSSR count). The van der Waals surface area contributed by atoms with Crippen LogP contribution in [0.5, 0.6) is 0 Å². The van der Waals surface area contributed by atoms with Crippen molar-refractivity contribution in [2.24, 2.45) is 0 Å². The van der Waals surface area contributed by atoms with Crippen LogP contribution in [0.25, 0.3) is 6.08 Å². The predicted molar refractivity (Wildman–Crippen MR) is 120 cm³/mol. The van der Waals surface area contributed by atoms with Gasteiger partial charge in [0.05, 0.1) is 4.90 Å². The summed E-state index contributed by atoms with van der Waals surface area (Å²) in [5.41, 5.74) is 1.55. The van der Waals surface area contributed by atoms with Gasteiger partial charge in [0, 0.05) is 44.8 Å². The van der Waals surface area contributed by atoms with Crippen LogP contribution in [0.3, 0.4) is 0 Å². The molecular weight excluding hydrogens is 398 g/mol. The lowest BCUT2D eigenvalue weighted by Crippen LogP contribution is -2.48. The summed E-state index contributed by atoms with van der Waals surface area (Å²) in [4.78, 5) is 17.0. The molecule has 1 aliphatic rings. The third-order valence-corrected chi connectivity index (χ3v) is 6.36. The molecule has 1 aliphatic heterocycles. The number of sulfonamides is 1. The molecule has 30 heavy (non-hydrogen) atoms. The molecule has 1 saturated heterocycles. The first-order valence-electron chi connectivity index (χ1n) is 9.93. The molecule has 1 fully saturated rings. The molecule has 158 valence electrons. The number of benzene rings is 2. The van der Waals surface area contributed by atoms with Crippen molar-refractivity contribution < 1.29 is 13.2 Å². The zero-order valence-corrected chi connectivity index (χ0v) is 17.7. The Hall–Kier alpha value is -2.74. The summed E-state index contributed by atoms with van der Waals surface area (Å²) in [6.45, 7) is 7.27. The molecule has 0 bridgehead atoms. The molecule has 0 spiro atoms. The minimum Gasteiger partial charge on any atom is -0.336 e. The maximum atomic E-state index is 12.9. The summed E-state index contributed by atoms with van der Waals surface area (Å²) in [5, 5.41) is 0. The fraction of sp³-hybridized carbons (Fsp3) is 0.261. The van der Waals surface area contributed by atoms with Crippen molar-refractivity contribution in [3.05, 3.63) is 84.5 Å². The fourth-order valence-electron chi connectivity index (χ4n) is 3.27. The van der Waals surface area contributed by atoms with E-state index in [1.165, 1.54) is 23.8 Å². The first-order chi connectivity index (χ1) is 14.5. The molecule has 1 amide bonds. The number of hydrogen-bond donors (Lipinski definition) is 1. The Morgan fingerprint density at radius 1 is 1.03 bits per heavy atom. The highest BCUT2D eigenvalue weighted by Gasteiger charge is 2.23. The molecule has 0 atom stereocenters. The lowest BCUT2D eigenvalue weighted by molar-refractivity contribution is 0.0650. The monoisotopic (exact) mass is 425 g/mol. The summed E-state index contributed by atoms with van der Waals surface area (Å²) < 4.78 is 27.0. The summed E-state index contributed by atoms with van der Waals surface area (Å²) in [5.74, 6) is -0.143. The van der Waals surface area contributed by atoms with Crippen LogP contribution < -0.4 is 4.72 Å². The van der Waals surface area contributed by atoms with E-state index in [1.54, 1.807) is 17.0 Å². The van der Waals surface area contributed by atoms with E-state index in [-0.39, 0.29) is 17.3 Å². The van der Waals surface area contributed by atoms with Crippen LogP contribution in [0.1, 0.15) is 15.9 Å². The molecule has 0 saturated carbocycles. The van der Waals surface area contributed by atoms with Gasteiger partial charge >= 0.3 is 0 Å². The molecule has 7 heteroatoms. The van der Waals surface area contributed by atoms with Crippen molar-refractivity contribution in [2.75, 3.05) is 39.3 Å². The second kappa shape index (κ2) is 10.3. The van der Waals surface area contributed by atoms with E-state index in [1.807, 2.05) is 18.2 Å². The average Bonchev–Trinajstić information content (AvgIpc) is 2.78. The SMILES string of the molecule is C=CCNS(=O)(=O)c1cccc(C(=O)N2CCN(CC=Cc3ccccc3)CC2)c1. The number of rotatable bonds is 8. The molecule has 0 aromatic heterocycles. The third-order valence-electron chi connectivity index (χ3n) is 4.94. The highest BCUT2D eigenvalue weighted by atomic mass is 32.2. The lowest BCUT2D eigenvalue weighted by atomic mass is 10.1. The van der Waals surface area contributed by atoms with E-state index in [4.69, 9.17) is 0 Å². The number of nitrogens with zero attached hydrogens (tertiary/aromatic N) is 2. The minimum atomic E-state index is -3.66. The van der Waals surface area contributed by atoms with Crippen molar-refractivity contribution >= 4 is 22.0 Å². The number of nitrogens with one attached hydrogen (secondary N) is 1. The van der Waals surface area contributed by atoms with Crippen molar-refractivity contribution in [2.45, 2.75) is 4.90 Å². The van der Waals surface area contributed by atoms with Crippen LogP contribution in [0.15, 0.2) is 78.2 Å². The van der Waals surface area contributed by atoms with Crippen LogP contribution in [0.4, 0.5) is 0 Å². The van der Waals surface area contributed by atoms with Crippen LogP contribution >= 0.6 is 0 Å². The topological polar surface area (TPSA) is 69.7 Å². The molecule has 6 nitrogen and oxygen atoms in total. The average molecular weight is 426 g/mol. The summed E-state index contributed by atoms with van der Waals surface area (Å²) in [6, 6.07) is 16.3. The zero-order valence-electron chi connectivity index (χ0n) is 16.9. The largest absolute Gasteiger partial charge is 0.336 e. The van der Waals surface area contributed by atoms with Gasteiger partial charge in [0.25, 0.3) is 5.91 Å². The quantitative estimate of drug-likeness (QED) is 0.660. The van der Waals surface area contributed by atoms with Gasteiger partial charge in [0.2, 0.25) is 10.0 Å². The second-order valence-electron chi connectivity index (χ2n) is 7.07. The Bertz CT molecular complexity index is 995. The molecular formula is C23H27N3O3S. The molecule has 1 heterocycles. The van der Waals surface area contributed by atoms with Gasteiger partial charge in [-0.25, -0.2) is 13.1 Å². The highest BCUT2D eigenvalue weighted by Crippen LogP contribution is 2.15. The van der Waals surface area contributed by atoms with Gasteiger partial charge in [-0.2, -0.15) is 0 Å². The zero-order chi connectivity index (χ0) is 21.4. The minimum absolute atomic E-state index is 0.0832. The normalized spacial score (nSPS) is 15.4. The summed E-state index contributed by atoms with van der Waals surface area (Å²) in [6.07, 6.45) is 5.71. The van der Waals surface area contributed by atoms with Crippen LogP contribution in [0, 0.1) is 0 Å². The van der Waals surface area contributed by atoms with Crippen molar-refractivity contribution in [3.63, 3.8) is 0 Å². The molecule has 2 aromatic rings. The maximum absolute atomic E-state index is 12.9. The smallest absolute Gasteiger partial charge is 0.253 e. The lowest BCUT2D eigenvalue weighted by Gasteiger charge is -2.34. The number of amides is 1. The molecule has 0 unspecified atom stereocenters. The Morgan fingerprint density at radius 3 is 2.47 bits per heavy atom. The maximum Gasteiger partial charge on any atom is 0.253 e. The van der Waals surface area contributed by atoms with Crippen LogP contribution in [-0.4, -0.2) is 63.4 Å². The third kappa shape index (κ3) is 5.89. The predicted octanol–water partition coefficient (Wildman–Crippen LogP) is 2.62. The van der Waals surface area contributed by atoms with Crippen molar-refractivity contribution in [1.29, 1.82) is 0 Å². The van der Waals surface area contributed by atoms with E-state index >= 15 is 0 Å². The number of carbonyl (C=O) groups excluding carboxylic acids is 1. The van der Waals surface area contributed by atoms with Crippen molar-refractivity contribution in [3.8, 4) is 0 Å². The molecule has 0 aliphatic carbocycles. The van der Waals surface area contributed by atoms with Gasteiger partial charge in [0.15, 0.2) is 0 Å². The van der Waals surface area contributed by atoms with Gasteiger partial charge in [-0.15, -0.1) is 6.58 Å². The van der Waals surface area contributed by atoms with E-state index in [0.29, 0.717) is 18.7 Å². The molecule has 1 N–H and O–H groups in total. The van der Waals surface area contributed by atoms with Gasteiger partial charge in [-0.1, -0.05) is 54.6 Å².